The van der Waals surface area contributed by atoms with E-state index in [1.807, 2.05) is 0 Å². The highest BCUT2D eigenvalue weighted by atomic mass is 16.5. The molecule has 1 aromatic rings. The predicted molar refractivity (Wildman–Crippen MR) is 76.6 cm³/mol. The fourth-order valence-electron chi connectivity index (χ4n) is 2.69. The molecule has 1 N–H and O–H groups in total. The molecule has 1 fully saturated rings. The van der Waals surface area contributed by atoms with Gasteiger partial charge in [0.05, 0.1) is 0 Å². The van der Waals surface area contributed by atoms with Crippen molar-refractivity contribution in [3.05, 3.63) is 29.8 Å². The molecule has 0 spiro atoms. The van der Waals surface area contributed by atoms with Crippen LogP contribution in [0.2, 0.25) is 0 Å². The normalized spacial score (nSPS) is 20.4. The van der Waals surface area contributed by atoms with Crippen LogP contribution in [0.25, 0.3) is 0 Å². The number of carbonyl (C=O) groups is 2. The van der Waals surface area contributed by atoms with Crippen molar-refractivity contribution in [2.45, 2.75) is 46.1 Å². The molecule has 2 rings (SSSR count). The molecule has 0 bridgehead atoms. The molecule has 0 heterocycles. The van der Waals surface area contributed by atoms with Crippen molar-refractivity contribution in [1.29, 1.82) is 0 Å². The van der Waals surface area contributed by atoms with Crippen molar-refractivity contribution in [3.63, 3.8) is 0 Å². The highest BCUT2D eigenvalue weighted by molar-refractivity contribution is 5.94. The first-order valence-electron chi connectivity index (χ1n) is 6.95. The maximum atomic E-state index is 12.2. The lowest BCUT2D eigenvalue weighted by molar-refractivity contribution is -0.131. The Bertz CT molecular complexity index is 522. The van der Waals surface area contributed by atoms with E-state index in [1.165, 1.54) is 6.92 Å². The van der Waals surface area contributed by atoms with E-state index in [1.54, 1.807) is 24.3 Å². The third kappa shape index (κ3) is 3.83. The molecule has 1 atom stereocenters. The number of nitrogens with one attached hydrogen (secondary N) is 1. The molecular formula is C16H21NO3. The van der Waals surface area contributed by atoms with Crippen LogP contribution in [0.3, 0.4) is 0 Å². The Kier molecular flexibility index (Phi) is 4.12. The highest BCUT2D eigenvalue weighted by Crippen LogP contribution is 2.37. The maximum Gasteiger partial charge on any atom is 0.308 e. The lowest BCUT2D eigenvalue weighted by Gasteiger charge is -2.18. The molecule has 1 aliphatic rings. The Labute approximate surface area is 119 Å². The number of hydrogen-bond donors (Lipinski definition) is 1. The molecular weight excluding hydrogens is 254 g/mol. The van der Waals surface area contributed by atoms with E-state index in [-0.39, 0.29) is 17.9 Å². The average molecular weight is 275 g/mol. The first kappa shape index (κ1) is 14.6. The van der Waals surface area contributed by atoms with Gasteiger partial charge >= 0.3 is 5.97 Å². The first-order chi connectivity index (χ1) is 9.35. The smallest absolute Gasteiger partial charge is 0.308 e. The molecule has 1 amide bonds. The fourth-order valence-corrected chi connectivity index (χ4v) is 2.69. The minimum atomic E-state index is -0.389. The summed E-state index contributed by atoms with van der Waals surface area (Å²) in [5, 5.41) is 3.05. The Morgan fingerprint density at radius 2 is 2.10 bits per heavy atom. The van der Waals surface area contributed by atoms with Gasteiger partial charge in [0, 0.05) is 18.5 Å². The van der Waals surface area contributed by atoms with Gasteiger partial charge in [0.15, 0.2) is 0 Å². The second-order valence-corrected chi connectivity index (χ2v) is 6.20. The van der Waals surface area contributed by atoms with Gasteiger partial charge in [-0.2, -0.15) is 0 Å². The molecule has 4 heteroatoms. The zero-order valence-corrected chi connectivity index (χ0v) is 12.2. The summed E-state index contributed by atoms with van der Waals surface area (Å²) in [6, 6.07) is 6.93. The molecule has 20 heavy (non-hydrogen) atoms. The Morgan fingerprint density at radius 1 is 1.35 bits per heavy atom. The molecule has 0 aliphatic heterocycles. The van der Waals surface area contributed by atoms with Crippen LogP contribution in [0.4, 0.5) is 0 Å². The largest absolute Gasteiger partial charge is 0.427 e. The van der Waals surface area contributed by atoms with Gasteiger partial charge in [-0.3, -0.25) is 9.59 Å². The summed E-state index contributed by atoms with van der Waals surface area (Å²) in [6.45, 7) is 5.79. The van der Waals surface area contributed by atoms with Crippen LogP contribution in [0.1, 0.15) is 50.4 Å². The van der Waals surface area contributed by atoms with Gasteiger partial charge in [0.2, 0.25) is 0 Å². The van der Waals surface area contributed by atoms with Crippen LogP contribution in [-0.4, -0.2) is 17.9 Å². The Hall–Kier alpha value is -1.84. The average Bonchev–Trinajstić information content (AvgIpc) is 2.68. The Morgan fingerprint density at radius 3 is 2.70 bits per heavy atom. The molecule has 108 valence electrons. The number of esters is 1. The maximum absolute atomic E-state index is 12.2. The summed E-state index contributed by atoms with van der Waals surface area (Å²) in [4.78, 5) is 23.1. The molecule has 0 radical (unpaired) electrons. The van der Waals surface area contributed by atoms with Crippen molar-refractivity contribution in [2.75, 3.05) is 0 Å². The van der Waals surface area contributed by atoms with Crippen molar-refractivity contribution in [1.82, 2.24) is 5.32 Å². The summed E-state index contributed by atoms with van der Waals surface area (Å²) in [6.07, 6.45) is 3.15. The van der Waals surface area contributed by atoms with Gasteiger partial charge < -0.3 is 10.1 Å². The van der Waals surface area contributed by atoms with Crippen LogP contribution in [0.5, 0.6) is 5.75 Å². The van der Waals surface area contributed by atoms with Gasteiger partial charge in [-0.1, -0.05) is 19.9 Å². The second-order valence-electron chi connectivity index (χ2n) is 6.20. The number of benzene rings is 1. The number of amides is 1. The summed E-state index contributed by atoms with van der Waals surface area (Å²) < 4.78 is 4.99. The van der Waals surface area contributed by atoms with E-state index in [4.69, 9.17) is 4.74 Å². The van der Waals surface area contributed by atoms with Crippen LogP contribution in [0, 0.1) is 5.41 Å². The first-order valence-corrected chi connectivity index (χ1v) is 6.95. The molecule has 1 unspecified atom stereocenters. The Balaban J connectivity index is 2.01. The third-order valence-corrected chi connectivity index (χ3v) is 3.66. The number of hydrogen-bond acceptors (Lipinski definition) is 3. The predicted octanol–water partition coefficient (Wildman–Crippen LogP) is 2.92. The van der Waals surface area contributed by atoms with E-state index in [0.717, 1.165) is 19.3 Å². The summed E-state index contributed by atoms with van der Waals surface area (Å²) in [5.74, 6) is -0.0984. The topological polar surface area (TPSA) is 55.4 Å². The summed E-state index contributed by atoms with van der Waals surface area (Å²) in [5.41, 5.74) is 0.825. The number of ether oxygens (including phenoxy) is 1. The third-order valence-electron chi connectivity index (χ3n) is 3.66. The lowest BCUT2D eigenvalue weighted by Crippen LogP contribution is -2.33. The summed E-state index contributed by atoms with van der Waals surface area (Å²) in [7, 11) is 0. The van der Waals surface area contributed by atoms with E-state index >= 15 is 0 Å². The van der Waals surface area contributed by atoms with Crippen molar-refractivity contribution in [2.24, 2.45) is 5.41 Å². The van der Waals surface area contributed by atoms with Gasteiger partial charge in [-0.15, -0.1) is 0 Å². The van der Waals surface area contributed by atoms with E-state index in [2.05, 4.69) is 19.2 Å². The molecule has 0 aromatic heterocycles. The van der Waals surface area contributed by atoms with Crippen LogP contribution >= 0.6 is 0 Å². The van der Waals surface area contributed by atoms with Crippen LogP contribution < -0.4 is 10.1 Å². The van der Waals surface area contributed by atoms with Gasteiger partial charge in [0.25, 0.3) is 5.91 Å². The van der Waals surface area contributed by atoms with Crippen molar-refractivity contribution >= 4 is 11.9 Å². The monoisotopic (exact) mass is 275 g/mol. The number of carbonyl (C=O) groups excluding carboxylic acids is 2. The standard InChI is InChI=1S/C16H21NO3/c1-11(18)20-14-6-4-5-12(9-14)15(19)17-13-7-8-16(2,3)10-13/h4-6,9,13H,7-8,10H2,1-3H3,(H,17,19). The minimum Gasteiger partial charge on any atom is -0.427 e. The van der Waals surface area contributed by atoms with E-state index in [0.29, 0.717) is 16.7 Å². The zero-order valence-electron chi connectivity index (χ0n) is 12.2. The molecule has 1 saturated carbocycles. The minimum absolute atomic E-state index is 0.110. The number of rotatable bonds is 3. The zero-order chi connectivity index (χ0) is 14.8. The fraction of sp³-hybridized carbons (Fsp3) is 0.500. The molecule has 1 aliphatic carbocycles. The van der Waals surface area contributed by atoms with Gasteiger partial charge in [0.1, 0.15) is 5.75 Å². The SMILES string of the molecule is CC(=O)Oc1cccc(C(=O)NC2CCC(C)(C)C2)c1. The molecule has 0 saturated heterocycles. The molecule has 4 nitrogen and oxygen atoms in total. The quantitative estimate of drug-likeness (QED) is 0.681. The van der Waals surface area contributed by atoms with E-state index < -0.39 is 0 Å². The lowest BCUT2D eigenvalue weighted by atomic mass is 9.92. The van der Waals surface area contributed by atoms with Gasteiger partial charge in [-0.05, 0) is 42.9 Å². The van der Waals surface area contributed by atoms with Gasteiger partial charge in [-0.25, -0.2) is 0 Å². The van der Waals surface area contributed by atoms with E-state index in [9.17, 15) is 9.59 Å². The molecule has 1 aromatic carbocycles. The second kappa shape index (κ2) is 5.65. The van der Waals surface area contributed by atoms with Crippen LogP contribution in [0.15, 0.2) is 24.3 Å². The van der Waals surface area contributed by atoms with Crippen LogP contribution in [-0.2, 0) is 4.79 Å². The highest BCUT2D eigenvalue weighted by Gasteiger charge is 2.31. The van der Waals surface area contributed by atoms with Crippen molar-refractivity contribution in [3.8, 4) is 5.75 Å². The summed E-state index contributed by atoms with van der Waals surface area (Å²) >= 11 is 0. The van der Waals surface area contributed by atoms with Crippen molar-refractivity contribution < 1.29 is 14.3 Å².